The summed E-state index contributed by atoms with van der Waals surface area (Å²) in [6, 6.07) is 20.5. The number of carbonyl (C=O) groups is 3. The van der Waals surface area contributed by atoms with E-state index in [0.29, 0.717) is 18.5 Å². The summed E-state index contributed by atoms with van der Waals surface area (Å²) in [6.45, 7) is 3.62. The molecule has 0 unspecified atom stereocenters. The second-order valence-corrected chi connectivity index (χ2v) is 8.26. The Morgan fingerprint density at radius 2 is 1.66 bits per heavy atom. The van der Waals surface area contributed by atoms with Crippen LogP contribution in [0.4, 0.5) is 10.5 Å². The molecule has 0 saturated carbocycles. The van der Waals surface area contributed by atoms with Gasteiger partial charge in [0.05, 0.1) is 5.69 Å². The number of unbranched alkanes of at least 4 members (excludes halogenated alkanes) is 1. The lowest BCUT2D eigenvalue weighted by Crippen LogP contribution is -2.56. The maximum Gasteiger partial charge on any atom is 0.426 e. The number of fused-ring (bicyclic) bond motifs is 1. The number of anilines is 1. The van der Waals surface area contributed by atoms with Crippen LogP contribution in [0, 0.1) is 0 Å². The molecule has 3 N–H and O–H groups in total. The summed E-state index contributed by atoms with van der Waals surface area (Å²) in [6.07, 6.45) is 1.07. The minimum atomic E-state index is -1.09. The molecule has 2 atom stereocenters. The fourth-order valence-electron chi connectivity index (χ4n) is 3.71. The SMILES string of the molecule is CCCC[C@H](NC(=O)[C@H](C)N(NC(=O)OCc1ccccc1)c1cccc2ccccc12)C(=O)O. The van der Waals surface area contributed by atoms with Gasteiger partial charge in [0.2, 0.25) is 5.91 Å². The third kappa shape index (κ3) is 6.96. The number of aliphatic carboxylic acids is 1. The summed E-state index contributed by atoms with van der Waals surface area (Å²) < 4.78 is 5.38. The topological polar surface area (TPSA) is 108 Å². The highest BCUT2D eigenvalue weighted by Gasteiger charge is 2.29. The predicted molar refractivity (Wildman–Crippen MR) is 135 cm³/mol. The number of nitrogens with zero attached hydrogens (tertiary/aromatic N) is 1. The molecule has 8 heteroatoms. The molecule has 184 valence electrons. The highest BCUT2D eigenvalue weighted by molar-refractivity contribution is 5.97. The van der Waals surface area contributed by atoms with Gasteiger partial charge in [-0.3, -0.25) is 9.80 Å². The van der Waals surface area contributed by atoms with Gasteiger partial charge < -0.3 is 15.2 Å². The lowest BCUT2D eigenvalue weighted by molar-refractivity contribution is -0.142. The number of ether oxygens (including phenoxy) is 1. The van der Waals surface area contributed by atoms with Crippen molar-refractivity contribution in [1.82, 2.24) is 10.7 Å². The summed E-state index contributed by atoms with van der Waals surface area (Å²) in [7, 11) is 0. The molecule has 0 spiro atoms. The second kappa shape index (κ2) is 12.4. The number of hydrazine groups is 1. The largest absolute Gasteiger partial charge is 0.480 e. The molecule has 2 amide bonds. The molecule has 3 aromatic rings. The van der Waals surface area contributed by atoms with Crippen molar-refractivity contribution >= 4 is 34.4 Å². The van der Waals surface area contributed by atoms with Crippen LogP contribution in [0.1, 0.15) is 38.7 Å². The van der Waals surface area contributed by atoms with Crippen molar-refractivity contribution in [3.05, 3.63) is 78.4 Å². The molecule has 3 aromatic carbocycles. The second-order valence-electron chi connectivity index (χ2n) is 8.26. The fourth-order valence-corrected chi connectivity index (χ4v) is 3.71. The smallest absolute Gasteiger partial charge is 0.426 e. The predicted octanol–water partition coefficient (Wildman–Crippen LogP) is 4.64. The molecule has 0 saturated heterocycles. The molecule has 0 aliphatic heterocycles. The van der Waals surface area contributed by atoms with E-state index in [1.807, 2.05) is 73.7 Å². The number of carboxylic acid groups (broad SMARTS) is 1. The quantitative estimate of drug-likeness (QED) is 0.348. The molecule has 0 aliphatic rings. The molecular formula is C27H31N3O5. The van der Waals surface area contributed by atoms with Gasteiger partial charge in [0.25, 0.3) is 0 Å². The summed E-state index contributed by atoms with van der Waals surface area (Å²) >= 11 is 0. The average molecular weight is 478 g/mol. The number of benzene rings is 3. The third-order valence-corrected chi connectivity index (χ3v) is 5.68. The normalized spacial score (nSPS) is 12.4. The van der Waals surface area contributed by atoms with E-state index in [1.54, 1.807) is 13.0 Å². The fraction of sp³-hybridized carbons (Fsp3) is 0.296. The Morgan fingerprint density at radius 3 is 2.37 bits per heavy atom. The Morgan fingerprint density at radius 1 is 0.971 bits per heavy atom. The van der Waals surface area contributed by atoms with Crippen LogP contribution in [0.15, 0.2) is 72.8 Å². The minimum Gasteiger partial charge on any atom is -0.480 e. The number of carboxylic acids is 1. The van der Waals surface area contributed by atoms with Crippen LogP contribution in [0.3, 0.4) is 0 Å². The number of amides is 2. The van der Waals surface area contributed by atoms with E-state index >= 15 is 0 Å². The van der Waals surface area contributed by atoms with Crippen molar-refractivity contribution in [2.75, 3.05) is 5.01 Å². The Kier molecular flexibility index (Phi) is 9.06. The molecular weight excluding hydrogens is 446 g/mol. The van der Waals surface area contributed by atoms with Crippen molar-refractivity contribution in [3.8, 4) is 0 Å². The summed E-state index contributed by atoms with van der Waals surface area (Å²) in [4.78, 5) is 37.5. The van der Waals surface area contributed by atoms with Crippen molar-refractivity contribution in [2.24, 2.45) is 0 Å². The first-order valence-electron chi connectivity index (χ1n) is 11.7. The zero-order chi connectivity index (χ0) is 25.2. The van der Waals surface area contributed by atoms with Crippen molar-refractivity contribution in [1.29, 1.82) is 0 Å². The molecule has 0 fully saturated rings. The summed E-state index contributed by atoms with van der Waals surface area (Å²) in [5, 5.41) is 15.3. The van der Waals surface area contributed by atoms with Crippen molar-refractivity contribution in [2.45, 2.75) is 51.8 Å². The Balaban J connectivity index is 1.84. The number of nitrogens with one attached hydrogen (secondary N) is 2. The molecule has 0 aliphatic carbocycles. The molecule has 0 bridgehead atoms. The lowest BCUT2D eigenvalue weighted by atomic mass is 10.1. The van der Waals surface area contributed by atoms with E-state index in [-0.39, 0.29) is 6.61 Å². The van der Waals surface area contributed by atoms with Gasteiger partial charge in [-0.25, -0.2) is 15.0 Å². The Bertz CT molecular complexity index is 1150. The van der Waals surface area contributed by atoms with Crippen LogP contribution in [0.25, 0.3) is 10.8 Å². The summed E-state index contributed by atoms with van der Waals surface area (Å²) in [5.74, 6) is -1.62. The van der Waals surface area contributed by atoms with Gasteiger partial charge in [0.15, 0.2) is 0 Å². The van der Waals surface area contributed by atoms with E-state index in [4.69, 9.17) is 4.74 Å². The van der Waals surface area contributed by atoms with E-state index < -0.39 is 30.1 Å². The number of rotatable bonds is 11. The third-order valence-electron chi connectivity index (χ3n) is 5.68. The van der Waals surface area contributed by atoms with Gasteiger partial charge in [-0.05, 0) is 30.4 Å². The van der Waals surface area contributed by atoms with Crippen LogP contribution in [-0.2, 0) is 20.9 Å². The monoisotopic (exact) mass is 477 g/mol. The van der Waals surface area contributed by atoms with E-state index in [1.165, 1.54) is 5.01 Å². The Labute approximate surface area is 204 Å². The van der Waals surface area contributed by atoms with Gasteiger partial charge in [-0.2, -0.15) is 0 Å². The molecule has 0 radical (unpaired) electrons. The van der Waals surface area contributed by atoms with Gasteiger partial charge in [0.1, 0.15) is 18.7 Å². The number of carbonyl (C=O) groups excluding carboxylic acids is 2. The van der Waals surface area contributed by atoms with Gasteiger partial charge >= 0.3 is 12.1 Å². The highest BCUT2D eigenvalue weighted by atomic mass is 16.6. The molecule has 3 rings (SSSR count). The van der Waals surface area contributed by atoms with Gasteiger partial charge in [0, 0.05) is 5.39 Å². The van der Waals surface area contributed by atoms with Crippen LogP contribution >= 0.6 is 0 Å². The first-order valence-corrected chi connectivity index (χ1v) is 11.7. The van der Waals surface area contributed by atoms with E-state index in [0.717, 1.165) is 22.8 Å². The maximum atomic E-state index is 13.1. The van der Waals surface area contributed by atoms with E-state index in [9.17, 15) is 19.5 Å². The standard InChI is InChI=1S/C27H31N3O5/c1-3-4-16-23(26(32)33)28-25(31)19(2)30(24-17-10-14-21-13-8-9-15-22(21)24)29-27(34)35-18-20-11-6-5-7-12-20/h5-15,17,19,23H,3-4,16,18H2,1-2H3,(H,28,31)(H,29,34)(H,32,33)/t19-,23-/m0/s1. The van der Waals surface area contributed by atoms with E-state index in [2.05, 4.69) is 10.7 Å². The van der Waals surface area contributed by atoms with Crippen molar-refractivity contribution < 1.29 is 24.2 Å². The minimum absolute atomic E-state index is 0.0642. The van der Waals surface area contributed by atoms with Crippen LogP contribution < -0.4 is 15.8 Å². The highest BCUT2D eigenvalue weighted by Crippen LogP contribution is 2.27. The van der Waals surface area contributed by atoms with Crippen LogP contribution in [0.5, 0.6) is 0 Å². The zero-order valence-electron chi connectivity index (χ0n) is 19.9. The first kappa shape index (κ1) is 25.6. The molecule has 35 heavy (non-hydrogen) atoms. The number of hydrogen-bond acceptors (Lipinski definition) is 5. The number of hydrogen-bond donors (Lipinski definition) is 3. The lowest BCUT2D eigenvalue weighted by Gasteiger charge is -2.31. The molecule has 0 aromatic heterocycles. The summed E-state index contributed by atoms with van der Waals surface area (Å²) in [5.41, 5.74) is 4.10. The van der Waals surface area contributed by atoms with Gasteiger partial charge in [-0.15, -0.1) is 0 Å². The molecule has 8 nitrogen and oxygen atoms in total. The van der Waals surface area contributed by atoms with Gasteiger partial charge in [-0.1, -0.05) is 86.5 Å². The Hall–Kier alpha value is -4.07. The average Bonchev–Trinajstić information content (AvgIpc) is 2.88. The van der Waals surface area contributed by atoms with Crippen LogP contribution in [-0.4, -0.2) is 35.2 Å². The molecule has 0 heterocycles. The van der Waals surface area contributed by atoms with Crippen molar-refractivity contribution in [3.63, 3.8) is 0 Å². The van der Waals surface area contributed by atoms with Crippen LogP contribution in [0.2, 0.25) is 0 Å². The zero-order valence-corrected chi connectivity index (χ0v) is 19.9. The first-order chi connectivity index (χ1) is 16.9. The maximum absolute atomic E-state index is 13.1.